The van der Waals surface area contributed by atoms with Crippen molar-refractivity contribution in [3.63, 3.8) is 0 Å². The van der Waals surface area contributed by atoms with Gasteiger partial charge in [-0.1, -0.05) is 6.92 Å². The summed E-state index contributed by atoms with van der Waals surface area (Å²) in [4.78, 5) is 13.5. The van der Waals surface area contributed by atoms with Crippen molar-refractivity contribution < 1.29 is 14.3 Å². The van der Waals surface area contributed by atoms with Gasteiger partial charge in [0.25, 0.3) is 0 Å². The Balaban J connectivity index is 4.39. The van der Waals surface area contributed by atoms with Crippen LogP contribution in [0, 0.1) is 5.92 Å². The highest BCUT2D eigenvalue weighted by atomic mass is 16.5. The van der Waals surface area contributed by atoms with Gasteiger partial charge in [-0.05, 0) is 12.8 Å². The number of nitrogens with two attached hydrogens (primary N) is 2. The summed E-state index contributed by atoms with van der Waals surface area (Å²) in [6.45, 7) is 5.02. The highest BCUT2D eigenvalue weighted by Crippen LogP contribution is 2.04. The number of carbonyl (C=O) groups excluding carboxylic acids is 1. The third kappa shape index (κ3) is 5.45. The van der Waals surface area contributed by atoms with Crippen LogP contribution in [0.2, 0.25) is 0 Å². The number of ether oxygens (including phenoxy) is 2. The first-order chi connectivity index (χ1) is 7.97. The van der Waals surface area contributed by atoms with E-state index in [1.165, 1.54) is 12.0 Å². The standard InChI is InChI=1S/C11H25N3O3/c1-8(6-16-3)5-14(7-12)11(15)10(13)9(2)17-4/h8-10H,5-7,12-13H2,1-4H3. The summed E-state index contributed by atoms with van der Waals surface area (Å²) in [7, 11) is 3.15. The molecule has 1 amide bonds. The highest BCUT2D eigenvalue weighted by Gasteiger charge is 2.26. The number of hydrogen-bond donors (Lipinski definition) is 2. The predicted molar refractivity (Wildman–Crippen MR) is 66.3 cm³/mol. The Bertz CT molecular complexity index is 226. The van der Waals surface area contributed by atoms with E-state index in [-0.39, 0.29) is 24.6 Å². The number of hydrogen-bond acceptors (Lipinski definition) is 5. The van der Waals surface area contributed by atoms with Gasteiger partial charge in [-0.15, -0.1) is 0 Å². The van der Waals surface area contributed by atoms with Gasteiger partial charge in [-0.3, -0.25) is 4.79 Å². The molecule has 3 atom stereocenters. The van der Waals surface area contributed by atoms with Gasteiger partial charge in [0.15, 0.2) is 0 Å². The van der Waals surface area contributed by atoms with Crippen LogP contribution >= 0.6 is 0 Å². The maximum absolute atomic E-state index is 12.0. The van der Waals surface area contributed by atoms with Gasteiger partial charge in [0.05, 0.1) is 19.4 Å². The van der Waals surface area contributed by atoms with Crippen LogP contribution in [0.25, 0.3) is 0 Å². The molecule has 102 valence electrons. The lowest BCUT2D eigenvalue weighted by molar-refractivity contribution is -0.136. The van der Waals surface area contributed by atoms with Gasteiger partial charge < -0.3 is 25.8 Å². The molecule has 0 saturated carbocycles. The Morgan fingerprint density at radius 3 is 2.35 bits per heavy atom. The smallest absolute Gasteiger partial charge is 0.243 e. The Hall–Kier alpha value is -0.690. The van der Waals surface area contributed by atoms with E-state index in [1.807, 2.05) is 6.92 Å². The second kappa shape index (κ2) is 8.41. The maximum Gasteiger partial charge on any atom is 0.243 e. The van der Waals surface area contributed by atoms with Crippen LogP contribution in [0.15, 0.2) is 0 Å². The zero-order valence-electron chi connectivity index (χ0n) is 11.2. The lowest BCUT2D eigenvalue weighted by Gasteiger charge is -2.28. The van der Waals surface area contributed by atoms with Crippen LogP contribution in [0.3, 0.4) is 0 Å². The van der Waals surface area contributed by atoms with Crippen molar-refractivity contribution in [1.82, 2.24) is 4.90 Å². The minimum absolute atomic E-state index is 0.150. The second-order valence-corrected chi connectivity index (χ2v) is 4.27. The topological polar surface area (TPSA) is 90.8 Å². The van der Waals surface area contributed by atoms with Gasteiger partial charge in [0, 0.05) is 20.8 Å². The van der Waals surface area contributed by atoms with Gasteiger partial charge in [-0.25, -0.2) is 0 Å². The molecule has 3 unspecified atom stereocenters. The fraction of sp³-hybridized carbons (Fsp3) is 0.909. The quantitative estimate of drug-likeness (QED) is 0.558. The Morgan fingerprint density at radius 1 is 1.35 bits per heavy atom. The molecular weight excluding hydrogens is 222 g/mol. The fourth-order valence-electron chi connectivity index (χ4n) is 1.53. The second-order valence-electron chi connectivity index (χ2n) is 4.27. The molecule has 0 aliphatic carbocycles. The van der Waals surface area contributed by atoms with Gasteiger partial charge in [0.2, 0.25) is 5.91 Å². The average molecular weight is 247 g/mol. The molecule has 6 nitrogen and oxygen atoms in total. The van der Waals surface area contributed by atoms with E-state index in [0.29, 0.717) is 13.2 Å². The molecule has 0 aliphatic rings. The first-order valence-corrected chi connectivity index (χ1v) is 5.74. The number of carbonyl (C=O) groups is 1. The molecule has 17 heavy (non-hydrogen) atoms. The number of rotatable bonds is 8. The van der Waals surface area contributed by atoms with E-state index < -0.39 is 6.04 Å². The number of methoxy groups -OCH3 is 2. The van der Waals surface area contributed by atoms with Crippen LogP contribution in [0.5, 0.6) is 0 Å². The first-order valence-electron chi connectivity index (χ1n) is 5.74. The lowest BCUT2D eigenvalue weighted by atomic mass is 10.1. The van der Waals surface area contributed by atoms with Crippen molar-refractivity contribution in [2.75, 3.05) is 34.0 Å². The Morgan fingerprint density at radius 2 is 1.94 bits per heavy atom. The van der Waals surface area contributed by atoms with Crippen LogP contribution in [-0.2, 0) is 14.3 Å². The molecule has 0 spiro atoms. The summed E-state index contributed by atoms with van der Waals surface area (Å²) in [5.41, 5.74) is 11.4. The predicted octanol–water partition coefficient (Wildman–Crippen LogP) is -0.624. The summed E-state index contributed by atoms with van der Waals surface area (Å²) in [6.07, 6.45) is -0.325. The van der Waals surface area contributed by atoms with Crippen molar-refractivity contribution >= 4 is 5.91 Å². The third-order valence-electron chi connectivity index (χ3n) is 2.68. The molecule has 0 saturated heterocycles. The molecular formula is C11H25N3O3. The number of amides is 1. The van der Waals surface area contributed by atoms with Crippen LogP contribution in [0.4, 0.5) is 0 Å². The summed E-state index contributed by atoms with van der Waals surface area (Å²) < 4.78 is 10.1. The third-order valence-corrected chi connectivity index (χ3v) is 2.68. The van der Waals surface area contributed by atoms with E-state index in [4.69, 9.17) is 20.9 Å². The molecule has 6 heteroatoms. The van der Waals surface area contributed by atoms with Crippen molar-refractivity contribution in [2.24, 2.45) is 17.4 Å². The molecule has 0 aromatic heterocycles. The molecule has 0 aliphatic heterocycles. The van der Waals surface area contributed by atoms with E-state index >= 15 is 0 Å². The fourth-order valence-corrected chi connectivity index (χ4v) is 1.53. The van der Waals surface area contributed by atoms with Gasteiger partial charge >= 0.3 is 0 Å². The largest absolute Gasteiger partial charge is 0.384 e. The molecule has 0 radical (unpaired) electrons. The van der Waals surface area contributed by atoms with E-state index in [9.17, 15) is 4.79 Å². The zero-order valence-corrected chi connectivity index (χ0v) is 11.2. The summed E-state index contributed by atoms with van der Waals surface area (Å²) in [5.74, 6) is 0.0300. The van der Waals surface area contributed by atoms with Crippen molar-refractivity contribution in [3.05, 3.63) is 0 Å². The minimum Gasteiger partial charge on any atom is -0.384 e. The summed E-state index contributed by atoms with van der Waals surface area (Å²) >= 11 is 0. The van der Waals surface area contributed by atoms with E-state index in [0.717, 1.165) is 0 Å². The molecule has 0 aromatic carbocycles. The van der Waals surface area contributed by atoms with E-state index in [2.05, 4.69) is 0 Å². The van der Waals surface area contributed by atoms with Crippen LogP contribution in [0.1, 0.15) is 13.8 Å². The lowest BCUT2D eigenvalue weighted by Crippen LogP contribution is -2.52. The Kier molecular flexibility index (Phi) is 8.07. The monoisotopic (exact) mass is 247 g/mol. The highest BCUT2D eigenvalue weighted by molar-refractivity contribution is 5.82. The van der Waals surface area contributed by atoms with Gasteiger partial charge in [-0.2, -0.15) is 0 Å². The Labute approximate surface area is 103 Å². The first kappa shape index (κ1) is 16.3. The average Bonchev–Trinajstić information content (AvgIpc) is 2.33. The summed E-state index contributed by atoms with van der Waals surface area (Å²) in [5, 5.41) is 0. The van der Waals surface area contributed by atoms with Gasteiger partial charge in [0.1, 0.15) is 6.04 Å². The molecule has 0 rings (SSSR count). The van der Waals surface area contributed by atoms with Crippen LogP contribution in [-0.4, -0.2) is 57.0 Å². The molecule has 0 fully saturated rings. The normalized spacial score (nSPS) is 16.4. The van der Waals surface area contributed by atoms with Crippen molar-refractivity contribution in [2.45, 2.75) is 26.0 Å². The number of nitrogens with zero attached hydrogens (tertiary/aromatic N) is 1. The minimum atomic E-state index is -0.682. The van der Waals surface area contributed by atoms with E-state index in [1.54, 1.807) is 14.0 Å². The maximum atomic E-state index is 12.0. The van der Waals surface area contributed by atoms with Crippen molar-refractivity contribution in [3.8, 4) is 0 Å². The SMILES string of the molecule is COCC(C)CN(CN)C(=O)C(N)C(C)OC. The summed E-state index contributed by atoms with van der Waals surface area (Å²) in [6, 6.07) is -0.682. The van der Waals surface area contributed by atoms with Crippen LogP contribution < -0.4 is 11.5 Å². The van der Waals surface area contributed by atoms with Crippen molar-refractivity contribution in [1.29, 1.82) is 0 Å². The zero-order chi connectivity index (χ0) is 13.4. The molecule has 0 bridgehead atoms. The molecule has 0 aromatic rings. The molecule has 0 heterocycles. The molecule has 4 N–H and O–H groups in total.